The topological polar surface area (TPSA) is 118 Å². The van der Waals surface area contributed by atoms with Gasteiger partial charge < -0.3 is 4.90 Å². The van der Waals surface area contributed by atoms with Gasteiger partial charge in [0.25, 0.3) is 15.7 Å². The minimum Gasteiger partial charge on any atom is -0.355 e. The van der Waals surface area contributed by atoms with E-state index in [4.69, 9.17) is 0 Å². The molecule has 166 valence electrons. The third kappa shape index (κ3) is 4.70. The molecule has 1 N–H and O–H groups in total. The molecule has 1 aliphatic rings. The summed E-state index contributed by atoms with van der Waals surface area (Å²) >= 11 is 0. The van der Waals surface area contributed by atoms with Crippen LogP contribution in [-0.4, -0.2) is 36.6 Å². The highest BCUT2D eigenvalue weighted by Crippen LogP contribution is 2.27. The van der Waals surface area contributed by atoms with E-state index in [-0.39, 0.29) is 10.6 Å². The van der Waals surface area contributed by atoms with Crippen LogP contribution in [-0.2, 0) is 10.0 Å². The number of nitro benzene ring substituents is 1. The number of aryl methyl sites for hydroxylation is 1. The van der Waals surface area contributed by atoms with Gasteiger partial charge >= 0.3 is 0 Å². The van der Waals surface area contributed by atoms with Crippen LogP contribution >= 0.6 is 0 Å². The summed E-state index contributed by atoms with van der Waals surface area (Å²) in [6, 6.07) is 14.4. The van der Waals surface area contributed by atoms with Crippen LogP contribution in [0.15, 0.2) is 59.5 Å². The number of nitro groups is 1. The van der Waals surface area contributed by atoms with Crippen molar-refractivity contribution in [2.75, 3.05) is 22.7 Å². The number of rotatable bonds is 6. The summed E-state index contributed by atoms with van der Waals surface area (Å²) in [5.74, 6) is 0.839. The number of anilines is 2. The lowest BCUT2D eigenvalue weighted by Gasteiger charge is -2.27. The molecule has 1 fully saturated rings. The summed E-state index contributed by atoms with van der Waals surface area (Å²) < 4.78 is 28.3. The molecule has 0 saturated carbocycles. The molecule has 3 aromatic rings. The lowest BCUT2D eigenvalue weighted by atomic mass is 10.1. The molecule has 0 atom stereocenters. The summed E-state index contributed by atoms with van der Waals surface area (Å²) in [4.78, 5) is 12.5. The Bertz CT molecular complexity index is 1240. The lowest BCUT2D eigenvalue weighted by molar-refractivity contribution is -0.385. The number of non-ortho nitro benzene ring substituents is 1. The molecule has 0 bridgehead atoms. The van der Waals surface area contributed by atoms with Crippen molar-refractivity contribution in [3.8, 4) is 11.3 Å². The smallest absolute Gasteiger partial charge is 0.270 e. The number of nitrogens with zero attached hydrogens (tertiary/aromatic N) is 4. The molecule has 0 aliphatic carbocycles. The minimum atomic E-state index is -4.02. The molecule has 10 heteroatoms. The van der Waals surface area contributed by atoms with Crippen molar-refractivity contribution in [3.63, 3.8) is 0 Å². The van der Waals surface area contributed by atoms with Crippen molar-refractivity contribution in [1.29, 1.82) is 0 Å². The second-order valence-electron chi connectivity index (χ2n) is 7.72. The fraction of sp³-hybridized carbons (Fsp3) is 0.273. The number of sulfonamides is 1. The zero-order valence-electron chi connectivity index (χ0n) is 17.6. The van der Waals surface area contributed by atoms with E-state index in [1.54, 1.807) is 25.1 Å². The van der Waals surface area contributed by atoms with Gasteiger partial charge in [-0.05, 0) is 56.0 Å². The summed E-state index contributed by atoms with van der Waals surface area (Å²) in [5, 5.41) is 19.7. The Morgan fingerprint density at radius 2 is 1.78 bits per heavy atom. The van der Waals surface area contributed by atoms with Gasteiger partial charge in [-0.3, -0.25) is 14.8 Å². The molecule has 0 spiro atoms. The standard InChI is InChI=1S/C22H23N5O4S/c1-16-8-9-19(27(28)29)15-21(16)32(30,31)25-18-7-5-6-17(14-18)20-10-11-22(24-23-20)26-12-3-2-4-13-26/h5-11,14-15,25H,2-4,12-13H2,1H3. The van der Waals surface area contributed by atoms with Crippen molar-refractivity contribution in [2.24, 2.45) is 0 Å². The summed E-state index contributed by atoms with van der Waals surface area (Å²) in [6.45, 7) is 3.54. The fourth-order valence-corrected chi connectivity index (χ4v) is 5.03. The molecule has 2 aromatic carbocycles. The molecule has 0 radical (unpaired) electrons. The molecule has 9 nitrogen and oxygen atoms in total. The Hall–Kier alpha value is -3.53. The molecule has 1 aliphatic heterocycles. The lowest BCUT2D eigenvalue weighted by Crippen LogP contribution is -2.30. The number of hydrogen-bond donors (Lipinski definition) is 1. The third-order valence-corrected chi connectivity index (χ3v) is 6.94. The van der Waals surface area contributed by atoms with Gasteiger partial charge in [0.2, 0.25) is 0 Å². The van der Waals surface area contributed by atoms with E-state index in [0.29, 0.717) is 22.5 Å². The molecule has 32 heavy (non-hydrogen) atoms. The predicted octanol–water partition coefficient (Wildman–Crippen LogP) is 4.15. The van der Waals surface area contributed by atoms with Crippen LogP contribution in [0.2, 0.25) is 0 Å². The normalized spacial score (nSPS) is 14.2. The maximum atomic E-state index is 12.9. The van der Waals surface area contributed by atoms with E-state index >= 15 is 0 Å². The molecule has 1 aromatic heterocycles. The van der Waals surface area contributed by atoms with Crippen molar-refractivity contribution in [3.05, 3.63) is 70.3 Å². The first-order chi connectivity index (χ1) is 15.3. The van der Waals surface area contributed by atoms with Gasteiger partial charge in [-0.15, -0.1) is 10.2 Å². The number of piperidine rings is 1. The highest BCUT2D eigenvalue weighted by atomic mass is 32.2. The first-order valence-electron chi connectivity index (χ1n) is 10.3. The van der Waals surface area contributed by atoms with Gasteiger partial charge in [0.05, 0.1) is 15.5 Å². The number of benzene rings is 2. The fourth-order valence-electron chi connectivity index (χ4n) is 3.71. The average molecular weight is 454 g/mol. The van der Waals surface area contributed by atoms with E-state index in [1.807, 2.05) is 18.2 Å². The largest absolute Gasteiger partial charge is 0.355 e. The zero-order chi connectivity index (χ0) is 22.7. The van der Waals surface area contributed by atoms with E-state index in [9.17, 15) is 18.5 Å². The number of aromatic nitrogens is 2. The van der Waals surface area contributed by atoms with Gasteiger partial charge in [0, 0.05) is 36.5 Å². The van der Waals surface area contributed by atoms with Gasteiger partial charge in [-0.2, -0.15) is 0 Å². The van der Waals surface area contributed by atoms with Crippen LogP contribution in [0, 0.1) is 17.0 Å². The Balaban J connectivity index is 1.57. The maximum Gasteiger partial charge on any atom is 0.270 e. The summed E-state index contributed by atoms with van der Waals surface area (Å²) in [6.07, 6.45) is 3.53. The predicted molar refractivity (Wildman–Crippen MR) is 122 cm³/mol. The van der Waals surface area contributed by atoms with Crippen LogP contribution in [0.5, 0.6) is 0 Å². The second-order valence-corrected chi connectivity index (χ2v) is 9.37. The number of hydrogen-bond acceptors (Lipinski definition) is 7. The molecule has 2 heterocycles. The minimum absolute atomic E-state index is 0.136. The first kappa shape index (κ1) is 21.7. The monoisotopic (exact) mass is 453 g/mol. The Kier molecular flexibility index (Phi) is 6.04. The molecule has 1 saturated heterocycles. The van der Waals surface area contributed by atoms with Crippen molar-refractivity contribution >= 4 is 27.2 Å². The Morgan fingerprint density at radius 1 is 1.00 bits per heavy atom. The van der Waals surface area contributed by atoms with Crippen molar-refractivity contribution < 1.29 is 13.3 Å². The van der Waals surface area contributed by atoms with Crippen molar-refractivity contribution in [2.45, 2.75) is 31.1 Å². The van der Waals surface area contributed by atoms with Crippen LogP contribution in [0.4, 0.5) is 17.2 Å². The van der Waals surface area contributed by atoms with E-state index in [1.165, 1.54) is 18.6 Å². The first-order valence-corrected chi connectivity index (χ1v) is 11.8. The van der Waals surface area contributed by atoms with Crippen LogP contribution < -0.4 is 9.62 Å². The highest BCUT2D eigenvalue weighted by Gasteiger charge is 2.21. The molecular formula is C22H23N5O4S. The third-order valence-electron chi connectivity index (χ3n) is 5.41. The quantitative estimate of drug-likeness (QED) is 0.440. The van der Waals surface area contributed by atoms with Crippen LogP contribution in [0.3, 0.4) is 0 Å². The van der Waals surface area contributed by atoms with Gasteiger partial charge in [0.15, 0.2) is 5.82 Å². The van der Waals surface area contributed by atoms with Gasteiger partial charge in [-0.25, -0.2) is 8.42 Å². The Labute approximate surface area is 186 Å². The van der Waals surface area contributed by atoms with Crippen molar-refractivity contribution in [1.82, 2.24) is 10.2 Å². The molecular weight excluding hydrogens is 430 g/mol. The Morgan fingerprint density at radius 3 is 2.47 bits per heavy atom. The molecule has 0 unspecified atom stereocenters. The van der Waals surface area contributed by atoms with Crippen LogP contribution in [0.1, 0.15) is 24.8 Å². The zero-order valence-corrected chi connectivity index (χ0v) is 18.4. The van der Waals surface area contributed by atoms with E-state index in [2.05, 4.69) is 19.8 Å². The van der Waals surface area contributed by atoms with Crippen LogP contribution in [0.25, 0.3) is 11.3 Å². The maximum absolute atomic E-state index is 12.9. The van der Waals surface area contributed by atoms with E-state index < -0.39 is 14.9 Å². The van der Waals surface area contributed by atoms with E-state index in [0.717, 1.165) is 37.8 Å². The summed E-state index contributed by atoms with van der Waals surface area (Å²) in [7, 11) is -4.02. The molecule has 4 rings (SSSR count). The average Bonchev–Trinajstić information content (AvgIpc) is 2.79. The SMILES string of the molecule is Cc1ccc([N+](=O)[O-])cc1S(=O)(=O)Nc1cccc(-c2ccc(N3CCCCC3)nn2)c1. The highest BCUT2D eigenvalue weighted by molar-refractivity contribution is 7.92. The second kappa shape index (κ2) is 8.91. The molecule has 0 amide bonds. The van der Waals surface area contributed by atoms with Gasteiger partial charge in [-0.1, -0.05) is 18.2 Å². The van der Waals surface area contributed by atoms with Gasteiger partial charge in [0.1, 0.15) is 0 Å². The summed E-state index contributed by atoms with van der Waals surface area (Å²) in [5.41, 5.74) is 1.79. The number of nitrogens with one attached hydrogen (secondary N) is 1.